The van der Waals surface area contributed by atoms with E-state index in [0.717, 1.165) is 4.90 Å². The van der Waals surface area contributed by atoms with E-state index in [0.29, 0.717) is 0 Å². The minimum absolute atomic E-state index is 0.457. The zero-order chi connectivity index (χ0) is 14.2. The second kappa shape index (κ2) is 4.91. The molecule has 2 amide bonds. The summed E-state index contributed by atoms with van der Waals surface area (Å²) >= 11 is 0. The highest BCUT2D eigenvalue weighted by Crippen LogP contribution is 2.26. The molecular formula is C11H17N3O5. The van der Waals surface area contributed by atoms with E-state index in [2.05, 4.69) is 11.9 Å². The van der Waals surface area contributed by atoms with Crippen LogP contribution in [0.2, 0.25) is 0 Å². The molecule has 0 saturated carbocycles. The Bertz CT molecular complexity index is 415. The van der Waals surface area contributed by atoms with Gasteiger partial charge in [-0.25, -0.2) is 4.79 Å². The van der Waals surface area contributed by atoms with Crippen LogP contribution in [-0.4, -0.2) is 63.1 Å². The fourth-order valence-electron chi connectivity index (χ4n) is 1.99. The van der Waals surface area contributed by atoms with Gasteiger partial charge in [0.05, 0.1) is 6.61 Å². The molecule has 6 N–H and O–H groups in total. The van der Waals surface area contributed by atoms with Gasteiger partial charge in [-0.2, -0.15) is 0 Å². The van der Waals surface area contributed by atoms with Crippen LogP contribution >= 0.6 is 0 Å². The summed E-state index contributed by atoms with van der Waals surface area (Å²) in [4.78, 5) is 13.0. The van der Waals surface area contributed by atoms with Gasteiger partial charge in [-0.1, -0.05) is 6.58 Å². The molecule has 106 valence electrons. The molecular weight excluding hydrogens is 254 g/mol. The van der Waals surface area contributed by atoms with Gasteiger partial charge in [0.15, 0.2) is 6.23 Å². The summed E-state index contributed by atoms with van der Waals surface area (Å²) in [6.07, 6.45) is -0.433. The van der Waals surface area contributed by atoms with E-state index in [1.165, 1.54) is 18.4 Å². The monoisotopic (exact) mass is 271 g/mol. The van der Waals surface area contributed by atoms with Crippen LogP contribution in [0.25, 0.3) is 0 Å². The Morgan fingerprint density at radius 2 is 2.26 bits per heavy atom. The minimum atomic E-state index is -1.32. The number of nitrogens with two attached hydrogens (primary N) is 1. The van der Waals surface area contributed by atoms with E-state index in [1.54, 1.807) is 0 Å². The number of amides is 2. The standard InChI is InChI=1S/C11H17N3O5/c1-2-11(12)3-4-14(10(18)13-11)9-8(17)7(16)6(5-15)19-9/h2-4,6-9,15-17H,1,5,12H2,(H,13,18)/t6-,7-,8-,9-,11?/m1/s1. The molecule has 1 fully saturated rings. The van der Waals surface area contributed by atoms with Crippen LogP contribution in [0.15, 0.2) is 24.9 Å². The number of urea groups is 1. The average molecular weight is 271 g/mol. The van der Waals surface area contributed by atoms with Crippen LogP contribution in [0.5, 0.6) is 0 Å². The van der Waals surface area contributed by atoms with Gasteiger partial charge in [-0.3, -0.25) is 4.90 Å². The van der Waals surface area contributed by atoms with Crippen molar-refractivity contribution in [2.75, 3.05) is 6.61 Å². The van der Waals surface area contributed by atoms with Gasteiger partial charge in [0.1, 0.15) is 24.0 Å². The number of rotatable bonds is 3. The lowest BCUT2D eigenvalue weighted by atomic mass is 10.1. The first-order chi connectivity index (χ1) is 8.91. The van der Waals surface area contributed by atoms with Crippen LogP contribution in [-0.2, 0) is 4.74 Å². The van der Waals surface area contributed by atoms with E-state index in [9.17, 15) is 15.0 Å². The third-order valence-corrected chi connectivity index (χ3v) is 3.20. The molecule has 2 heterocycles. The van der Waals surface area contributed by atoms with Gasteiger partial charge >= 0.3 is 6.03 Å². The maximum Gasteiger partial charge on any atom is 0.325 e. The van der Waals surface area contributed by atoms with Crippen molar-refractivity contribution >= 4 is 6.03 Å². The summed E-state index contributed by atoms with van der Waals surface area (Å²) in [5.74, 6) is 0. The van der Waals surface area contributed by atoms with Crippen molar-refractivity contribution in [2.45, 2.75) is 30.2 Å². The molecule has 2 aliphatic rings. The van der Waals surface area contributed by atoms with Crippen molar-refractivity contribution < 1.29 is 24.9 Å². The molecule has 1 unspecified atom stereocenters. The Kier molecular flexibility index (Phi) is 3.61. The van der Waals surface area contributed by atoms with Crippen molar-refractivity contribution in [2.24, 2.45) is 5.73 Å². The molecule has 0 aromatic rings. The van der Waals surface area contributed by atoms with E-state index >= 15 is 0 Å². The van der Waals surface area contributed by atoms with E-state index < -0.39 is 42.8 Å². The quantitative estimate of drug-likeness (QED) is 0.371. The van der Waals surface area contributed by atoms with Crippen molar-refractivity contribution in [1.82, 2.24) is 10.2 Å². The Balaban J connectivity index is 2.18. The zero-order valence-corrected chi connectivity index (χ0v) is 10.1. The van der Waals surface area contributed by atoms with E-state index in [-0.39, 0.29) is 0 Å². The molecule has 5 atom stereocenters. The smallest absolute Gasteiger partial charge is 0.325 e. The molecule has 0 bridgehead atoms. The maximum atomic E-state index is 11.9. The zero-order valence-electron chi connectivity index (χ0n) is 10.1. The SMILES string of the molecule is C=CC1(N)C=CN([C@@H]2O[C@H](CO)[C@@H](O)[C@H]2O)C(=O)N1. The molecule has 0 aliphatic carbocycles. The largest absolute Gasteiger partial charge is 0.394 e. The third-order valence-electron chi connectivity index (χ3n) is 3.20. The fourth-order valence-corrected chi connectivity index (χ4v) is 1.99. The van der Waals surface area contributed by atoms with Crippen LogP contribution in [0, 0.1) is 0 Å². The summed E-state index contributed by atoms with van der Waals surface area (Å²) in [5.41, 5.74) is 4.61. The van der Waals surface area contributed by atoms with E-state index in [1.807, 2.05) is 0 Å². The highest BCUT2D eigenvalue weighted by atomic mass is 16.6. The van der Waals surface area contributed by atoms with E-state index in [4.69, 9.17) is 15.6 Å². The summed E-state index contributed by atoms with van der Waals surface area (Å²) in [5, 5.41) is 30.9. The predicted octanol–water partition coefficient (Wildman–Crippen LogP) is -2.19. The first-order valence-electron chi connectivity index (χ1n) is 5.76. The second-order valence-electron chi connectivity index (χ2n) is 4.52. The maximum absolute atomic E-state index is 11.9. The topological polar surface area (TPSA) is 128 Å². The molecule has 19 heavy (non-hydrogen) atoms. The van der Waals surface area contributed by atoms with Crippen molar-refractivity contribution in [3.63, 3.8) is 0 Å². The summed E-state index contributed by atoms with van der Waals surface area (Å²) < 4.78 is 5.24. The first kappa shape index (κ1) is 14.0. The third kappa shape index (κ3) is 2.36. The van der Waals surface area contributed by atoms with Gasteiger partial charge < -0.3 is 31.1 Å². The molecule has 0 aromatic heterocycles. The van der Waals surface area contributed by atoms with Crippen molar-refractivity contribution in [3.8, 4) is 0 Å². The number of ether oxygens (including phenoxy) is 1. The number of hydrogen-bond acceptors (Lipinski definition) is 6. The average Bonchev–Trinajstić information content (AvgIpc) is 2.67. The number of nitrogens with zero attached hydrogens (tertiary/aromatic N) is 1. The molecule has 0 radical (unpaired) electrons. The number of carbonyl (C=O) groups excluding carboxylic acids is 1. The number of nitrogens with one attached hydrogen (secondary N) is 1. The normalized spacial score (nSPS) is 42.3. The first-order valence-corrected chi connectivity index (χ1v) is 5.76. The second-order valence-corrected chi connectivity index (χ2v) is 4.52. The Labute approximate surface area is 109 Å². The number of carbonyl (C=O) groups is 1. The van der Waals surface area contributed by atoms with Gasteiger partial charge in [-0.05, 0) is 12.2 Å². The lowest BCUT2D eigenvalue weighted by molar-refractivity contribution is -0.0665. The Morgan fingerprint density at radius 3 is 2.74 bits per heavy atom. The number of aliphatic hydroxyl groups excluding tert-OH is 3. The molecule has 0 aromatic carbocycles. The molecule has 1 saturated heterocycles. The van der Waals surface area contributed by atoms with Crippen LogP contribution < -0.4 is 11.1 Å². The molecule has 8 nitrogen and oxygen atoms in total. The Hall–Kier alpha value is -1.45. The minimum Gasteiger partial charge on any atom is -0.394 e. The summed E-state index contributed by atoms with van der Waals surface area (Å²) in [6, 6.07) is -0.597. The highest BCUT2D eigenvalue weighted by Gasteiger charge is 2.47. The van der Waals surface area contributed by atoms with Gasteiger partial charge in [0, 0.05) is 6.20 Å². The molecule has 8 heteroatoms. The molecule has 0 spiro atoms. The highest BCUT2D eigenvalue weighted by molar-refractivity contribution is 5.78. The van der Waals surface area contributed by atoms with Crippen LogP contribution in [0.4, 0.5) is 4.79 Å². The van der Waals surface area contributed by atoms with Crippen LogP contribution in [0.3, 0.4) is 0 Å². The lowest BCUT2D eigenvalue weighted by Gasteiger charge is -2.36. The molecule has 2 aliphatic heterocycles. The lowest BCUT2D eigenvalue weighted by Crippen LogP contribution is -2.61. The van der Waals surface area contributed by atoms with Crippen molar-refractivity contribution in [1.29, 1.82) is 0 Å². The molecule has 2 rings (SSSR count). The van der Waals surface area contributed by atoms with Crippen LogP contribution in [0.1, 0.15) is 0 Å². The summed E-state index contributed by atoms with van der Waals surface area (Å²) in [6.45, 7) is 3.05. The number of aliphatic hydroxyl groups is 3. The summed E-state index contributed by atoms with van der Waals surface area (Å²) in [7, 11) is 0. The van der Waals surface area contributed by atoms with Gasteiger partial charge in [-0.15, -0.1) is 0 Å². The fraction of sp³-hybridized carbons (Fsp3) is 0.545. The van der Waals surface area contributed by atoms with Gasteiger partial charge in [0.2, 0.25) is 0 Å². The predicted molar refractivity (Wildman–Crippen MR) is 64.4 cm³/mol. The number of hydrogen-bond donors (Lipinski definition) is 5. The van der Waals surface area contributed by atoms with Gasteiger partial charge in [0.25, 0.3) is 0 Å². The Morgan fingerprint density at radius 1 is 1.58 bits per heavy atom. The van der Waals surface area contributed by atoms with Crippen molar-refractivity contribution in [3.05, 3.63) is 24.9 Å².